The molecule has 2 aromatic heterocycles. The molecule has 1 aromatic carbocycles. The molecule has 1 fully saturated rings. The van der Waals surface area contributed by atoms with Crippen molar-refractivity contribution in [3.8, 4) is 5.75 Å². The molecular weight excluding hydrogens is 359 g/mol. The van der Waals surface area contributed by atoms with Gasteiger partial charge in [0.25, 0.3) is 0 Å². The highest BCUT2D eigenvalue weighted by Crippen LogP contribution is 2.40. The van der Waals surface area contributed by atoms with Gasteiger partial charge in [0.2, 0.25) is 5.95 Å². The number of aromatic nitrogens is 3. The Morgan fingerprint density at radius 1 is 1.26 bits per heavy atom. The van der Waals surface area contributed by atoms with Gasteiger partial charge in [0, 0.05) is 24.2 Å². The molecule has 3 N–H and O–H groups in total. The summed E-state index contributed by atoms with van der Waals surface area (Å²) in [4.78, 5) is 11.2. The fourth-order valence-electron chi connectivity index (χ4n) is 3.19. The summed E-state index contributed by atoms with van der Waals surface area (Å²) in [7, 11) is 0. The van der Waals surface area contributed by atoms with Crippen LogP contribution in [0.25, 0.3) is 11.0 Å². The van der Waals surface area contributed by atoms with Crippen molar-refractivity contribution in [2.75, 3.05) is 17.2 Å². The number of hydrogen-bond acceptors (Lipinski definition) is 5. The molecule has 1 aliphatic carbocycles. The molecule has 6 nitrogen and oxygen atoms in total. The van der Waals surface area contributed by atoms with Crippen molar-refractivity contribution in [2.24, 2.45) is 0 Å². The summed E-state index contributed by atoms with van der Waals surface area (Å²) in [5, 5.41) is 6.12. The van der Waals surface area contributed by atoms with Crippen molar-refractivity contribution in [3.63, 3.8) is 0 Å². The van der Waals surface area contributed by atoms with E-state index in [1.807, 2.05) is 0 Å². The highest BCUT2D eigenvalue weighted by molar-refractivity contribution is 5.92. The molecule has 5 rings (SSSR count). The molecule has 3 aromatic rings. The van der Waals surface area contributed by atoms with Gasteiger partial charge < -0.3 is 20.4 Å². The lowest BCUT2D eigenvalue weighted by molar-refractivity contribution is -0.136. The average molecular weight is 374 g/mol. The van der Waals surface area contributed by atoms with Gasteiger partial charge in [-0.05, 0) is 25.0 Å². The number of alkyl halides is 3. The zero-order valence-corrected chi connectivity index (χ0v) is 14.1. The first kappa shape index (κ1) is 16.2. The lowest BCUT2D eigenvalue weighted by Crippen LogP contribution is -2.10. The van der Waals surface area contributed by atoms with Crippen LogP contribution in [0.4, 0.5) is 30.6 Å². The van der Waals surface area contributed by atoms with Crippen LogP contribution in [0.3, 0.4) is 0 Å². The van der Waals surface area contributed by atoms with E-state index in [4.69, 9.17) is 4.74 Å². The van der Waals surface area contributed by atoms with Crippen molar-refractivity contribution < 1.29 is 17.9 Å². The number of fused-ring (bicyclic) bond motifs is 2. The van der Waals surface area contributed by atoms with Gasteiger partial charge in [0.05, 0.1) is 23.2 Å². The quantitative estimate of drug-likeness (QED) is 0.643. The van der Waals surface area contributed by atoms with Crippen LogP contribution in [0.5, 0.6) is 5.75 Å². The zero-order valence-electron chi connectivity index (χ0n) is 14.1. The van der Waals surface area contributed by atoms with E-state index in [-0.39, 0.29) is 28.8 Å². The number of hydrogen-bond donors (Lipinski definition) is 3. The van der Waals surface area contributed by atoms with Gasteiger partial charge in [-0.25, -0.2) is 0 Å². The van der Waals surface area contributed by atoms with E-state index >= 15 is 0 Å². The largest absolute Gasteiger partial charge is 0.491 e. The molecule has 3 heterocycles. The average Bonchev–Trinajstić information content (AvgIpc) is 3.12. The maximum Gasteiger partial charge on any atom is 0.418 e. The second kappa shape index (κ2) is 5.77. The Labute approximate surface area is 152 Å². The first-order chi connectivity index (χ1) is 13.0. The molecule has 0 saturated heterocycles. The topological polar surface area (TPSA) is 74.9 Å². The smallest absolute Gasteiger partial charge is 0.418 e. The van der Waals surface area contributed by atoms with E-state index in [0.29, 0.717) is 18.0 Å². The van der Waals surface area contributed by atoms with E-state index < -0.39 is 11.7 Å². The Bertz CT molecular complexity index is 1030. The Balaban J connectivity index is 1.58. The minimum absolute atomic E-state index is 0.0391. The number of H-pyrrole nitrogens is 1. The molecule has 0 amide bonds. The first-order valence-electron chi connectivity index (χ1n) is 8.65. The summed E-state index contributed by atoms with van der Waals surface area (Å²) in [6.07, 6.45) is -0.962. The summed E-state index contributed by atoms with van der Waals surface area (Å²) in [5.41, 5.74) is 0.978. The zero-order chi connectivity index (χ0) is 18.6. The molecule has 0 atom stereocenters. The normalized spacial score (nSPS) is 16.3. The van der Waals surface area contributed by atoms with Crippen LogP contribution in [0.15, 0.2) is 18.3 Å². The molecule has 9 heteroatoms. The third-order valence-electron chi connectivity index (χ3n) is 4.63. The molecule has 0 unspecified atom stereocenters. The van der Waals surface area contributed by atoms with Crippen LogP contribution in [0.1, 0.15) is 24.0 Å². The van der Waals surface area contributed by atoms with E-state index in [1.165, 1.54) is 0 Å². The first-order valence-corrected chi connectivity index (χ1v) is 8.65. The summed E-state index contributed by atoms with van der Waals surface area (Å²) in [6, 6.07) is 6.82. The maximum atomic E-state index is 13.3. The fourth-order valence-corrected chi connectivity index (χ4v) is 3.19. The van der Waals surface area contributed by atoms with Gasteiger partial charge in [-0.15, -0.1) is 0 Å². The third-order valence-corrected chi connectivity index (χ3v) is 4.63. The second-order valence-electron chi connectivity index (χ2n) is 6.66. The van der Waals surface area contributed by atoms with Crippen molar-refractivity contribution in [3.05, 3.63) is 35.5 Å². The van der Waals surface area contributed by atoms with Crippen molar-refractivity contribution in [1.82, 2.24) is 15.0 Å². The van der Waals surface area contributed by atoms with E-state index in [0.717, 1.165) is 31.0 Å². The Morgan fingerprint density at radius 2 is 2.11 bits per heavy atom. The Hall–Kier alpha value is -2.97. The number of ether oxygens (including phenoxy) is 1. The van der Waals surface area contributed by atoms with Crippen LogP contribution in [0.2, 0.25) is 0 Å². The van der Waals surface area contributed by atoms with Crippen molar-refractivity contribution >= 4 is 28.5 Å². The Morgan fingerprint density at radius 3 is 2.89 bits per heavy atom. The number of aromatic amines is 1. The molecule has 139 valence electrons. The van der Waals surface area contributed by atoms with Crippen LogP contribution in [0, 0.1) is 6.07 Å². The van der Waals surface area contributed by atoms with Gasteiger partial charge in [-0.2, -0.15) is 23.1 Å². The summed E-state index contributed by atoms with van der Waals surface area (Å²) in [5.74, 6) is 1.06. The lowest BCUT2D eigenvalue weighted by Gasteiger charge is -2.13. The summed E-state index contributed by atoms with van der Waals surface area (Å²) in [6.45, 7) is 0.574. The predicted molar refractivity (Wildman–Crippen MR) is 93.3 cm³/mol. The number of rotatable bonds is 4. The maximum absolute atomic E-state index is 13.3. The van der Waals surface area contributed by atoms with Crippen LogP contribution < -0.4 is 15.4 Å². The van der Waals surface area contributed by atoms with Crippen LogP contribution in [-0.2, 0) is 12.6 Å². The van der Waals surface area contributed by atoms with Gasteiger partial charge in [0.15, 0.2) is 0 Å². The standard InChI is InChI=1S/C18H15F3N5O/c19-18(20,21)11-8-22-15-13(11)16(23-10-4-5-10)26-17(25-15)24-12-3-1-2-9-6-7-27-14(9)12/h1,3,8,10H,4-7H2,(H3,22,23,24,25,26). The molecule has 1 radical (unpaired) electrons. The molecule has 27 heavy (non-hydrogen) atoms. The van der Waals surface area contributed by atoms with Crippen molar-refractivity contribution in [1.29, 1.82) is 0 Å². The molecular formula is C18H15F3N5O. The molecule has 0 spiro atoms. The van der Waals surface area contributed by atoms with E-state index in [2.05, 4.69) is 31.7 Å². The number of halogens is 3. The highest BCUT2D eigenvalue weighted by atomic mass is 19.4. The van der Waals surface area contributed by atoms with Gasteiger partial charge in [0.1, 0.15) is 17.2 Å². The number of anilines is 3. The third kappa shape index (κ3) is 2.92. The van der Waals surface area contributed by atoms with E-state index in [1.54, 1.807) is 12.1 Å². The SMILES string of the molecule is FC(F)(F)c1c[nH]c2nc(Nc3cc[c]c4c3OCC4)nc(NC3CC3)c12. The second-order valence-corrected chi connectivity index (χ2v) is 6.66. The fraction of sp³-hybridized carbons (Fsp3) is 0.333. The number of nitrogens with zero attached hydrogens (tertiary/aromatic N) is 2. The minimum atomic E-state index is -4.49. The Kier molecular flexibility index (Phi) is 3.46. The van der Waals surface area contributed by atoms with E-state index in [9.17, 15) is 13.2 Å². The van der Waals surface area contributed by atoms with Gasteiger partial charge in [-0.3, -0.25) is 0 Å². The van der Waals surface area contributed by atoms with Crippen LogP contribution >= 0.6 is 0 Å². The van der Waals surface area contributed by atoms with Crippen molar-refractivity contribution in [2.45, 2.75) is 31.5 Å². The number of nitrogens with one attached hydrogen (secondary N) is 3. The molecule has 1 saturated carbocycles. The number of benzene rings is 1. The van der Waals surface area contributed by atoms with Crippen LogP contribution in [-0.4, -0.2) is 27.6 Å². The molecule has 2 aliphatic rings. The summed E-state index contributed by atoms with van der Waals surface area (Å²) >= 11 is 0. The minimum Gasteiger partial charge on any atom is -0.491 e. The predicted octanol–water partition coefficient (Wildman–Crippen LogP) is 4.03. The lowest BCUT2D eigenvalue weighted by atomic mass is 10.1. The highest BCUT2D eigenvalue weighted by Gasteiger charge is 2.36. The molecule has 1 aliphatic heterocycles. The monoisotopic (exact) mass is 374 g/mol. The van der Waals surface area contributed by atoms with Gasteiger partial charge in [-0.1, -0.05) is 6.07 Å². The summed E-state index contributed by atoms with van der Waals surface area (Å²) < 4.78 is 45.6. The molecule has 0 bridgehead atoms. The van der Waals surface area contributed by atoms with Gasteiger partial charge >= 0.3 is 6.18 Å².